The number of fused-ring (bicyclic) bond motifs is 1. The summed E-state index contributed by atoms with van der Waals surface area (Å²) in [7, 11) is 0. The third-order valence-electron chi connectivity index (χ3n) is 3.20. The van der Waals surface area contributed by atoms with Crippen molar-refractivity contribution < 1.29 is 9.90 Å². The molecule has 3 rings (SSSR count). The summed E-state index contributed by atoms with van der Waals surface area (Å²) in [5.41, 5.74) is 0.692. The van der Waals surface area contributed by atoms with Crippen LogP contribution in [0, 0.1) is 0 Å². The minimum atomic E-state index is -1.23. The van der Waals surface area contributed by atoms with Gasteiger partial charge in [-0.25, -0.2) is 4.79 Å². The van der Waals surface area contributed by atoms with Crippen LogP contribution in [0.1, 0.15) is 10.4 Å². The molecule has 0 aliphatic rings. The highest BCUT2D eigenvalue weighted by molar-refractivity contribution is 5.89. The van der Waals surface area contributed by atoms with E-state index in [9.17, 15) is 9.59 Å². The Morgan fingerprint density at radius 3 is 2.45 bits per heavy atom. The first kappa shape index (κ1) is 12.2. The number of rotatable bonds is 2. The molecule has 0 radical (unpaired) electrons. The number of pyridine rings is 1. The summed E-state index contributed by atoms with van der Waals surface area (Å²) in [5, 5.41) is 11.0. The maximum absolute atomic E-state index is 11.7. The monoisotopic (exact) mass is 265 g/mol. The molecule has 2 aromatic carbocycles. The third kappa shape index (κ3) is 2.07. The van der Waals surface area contributed by atoms with Crippen LogP contribution in [0.5, 0.6) is 0 Å². The predicted octanol–water partition coefficient (Wildman–Crippen LogP) is 2.89. The van der Waals surface area contributed by atoms with Gasteiger partial charge in [-0.15, -0.1) is 0 Å². The van der Waals surface area contributed by atoms with Crippen LogP contribution in [-0.4, -0.2) is 16.1 Å². The minimum absolute atomic E-state index is 0.255. The zero-order valence-corrected chi connectivity index (χ0v) is 10.5. The first-order valence-electron chi connectivity index (χ1n) is 6.10. The van der Waals surface area contributed by atoms with Crippen molar-refractivity contribution in [3.8, 4) is 11.3 Å². The molecule has 0 aliphatic carbocycles. The van der Waals surface area contributed by atoms with Crippen molar-refractivity contribution in [1.82, 2.24) is 4.98 Å². The largest absolute Gasteiger partial charge is 0.477 e. The predicted molar refractivity (Wildman–Crippen MR) is 77.0 cm³/mol. The Morgan fingerprint density at radius 1 is 1.00 bits per heavy atom. The molecule has 3 aromatic rings. The average Bonchev–Trinajstić information content (AvgIpc) is 2.46. The molecule has 2 N–H and O–H groups in total. The zero-order chi connectivity index (χ0) is 14.1. The van der Waals surface area contributed by atoms with Gasteiger partial charge in [0, 0.05) is 18.0 Å². The highest BCUT2D eigenvalue weighted by Crippen LogP contribution is 2.22. The maximum atomic E-state index is 11.7. The summed E-state index contributed by atoms with van der Waals surface area (Å²) >= 11 is 0. The van der Waals surface area contributed by atoms with Crippen LogP contribution >= 0.6 is 0 Å². The molecule has 0 amide bonds. The molecule has 0 aliphatic heterocycles. The summed E-state index contributed by atoms with van der Waals surface area (Å²) < 4.78 is 0. The molecule has 0 saturated carbocycles. The fraction of sp³-hybridized carbons (Fsp3) is 0. The van der Waals surface area contributed by atoms with Gasteiger partial charge in [0.05, 0.1) is 0 Å². The van der Waals surface area contributed by atoms with Gasteiger partial charge in [0.15, 0.2) is 5.43 Å². The van der Waals surface area contributed by atoms with E-state index < -0.39 is 11.4 Å². The van der Waals surface area contributed by atoms with Gasteiger partial charge in [-0.2, -0.15) is 0 Å². The van der Waals surface area contributed by atoms with Crippen molar-refractivity contribution >= 4 is 16.7 Å². The van der Waals surface area contributed by atoms with Crippen LogP contribution in [0.2, 0.25) is 0 Å². The Hall–Kier alpha value is -2.88. The lowest BCUT2D eigenvalue weighted by atomic mass is 10.0. The second-order valence-corrected chi connectivity index (χ2v) is 4.49. The summed E-state index contributed by atoms with van der Waals surface area (Å²) in [6.07, 6.45) is 1.23. The number of carboxylic acids is 1. The first-order valence-corrected chi connectivity index (χ1v) is 6.10. The van der Waals surface area contributed by atoms with Crippen molar-refractivity contribution in [1.29, 1.82) is 0 Å². The van der Waals surface area contributed by atoms with Crippen LogP contribution in [0.25, 0.3) is 22.0 Å². The Labute approximate surface area is 114 Å². The molecular weight excluding hydrogens is 254 g/mol. The number of H-pyrrole nitrogens is 1. The second-order valence-electron chi connectivity index (χ2n) is 4.49. The van der Waals surface area contributed by atoms with Gasteiger partial charge in [0.25, 0.3) is 0 Å². The topological polar surface area (TPSA) is 70.2 Å². The molecule has 0 saturated heterocycles. The first-order chi connectivity index (χ1) is 9.65. The van der Waals surface area contributed by atoms with E-state index in [0.717, 1.165) is 16.3 Å². The molecule has 1 aromatic heterocycles. The van der Waals surface area contributed by atoms with Gasteiger partial charge in [-0.05, 0) is 22.4 Å². The number of carboxylic acid groups (broad SMARTS) is 1. The Kier molecular flexibility index (Phi) is 2.84. The number of hydrogen-bond acceptors (Lipinski definition) is 2. The lowest BCUT2D eigenvalue weighted by Crippen LogP contribution is -2.14. The molecule has 0 bridgehead atoms. The van der Waals surface area contributed by atoms with Crippen LogP contribution < -0.4 is 5.43 Å². The van der Waals surface area contributed by atoms with Crippen LogP contribution in [0.4, 0.5) is 0 Å². The Bertz CT molecular complexity index is 865. The molecule has 0 spiro atoms. The van der Waals surface area contributed by atoms with E-state index in [1.807, 2.05) is 42.5 Å². The molecule has 20 heavy (non-hydrogen) atoms. The number of carbonyl (C=O) groups is 1. The molecule has 0 fully saturated rings. The number of nitrogens with one attached hydrogen (secondary N) is 1. The average molecular weight is 265 g/mol. The number of benzene rings is 2. The van der Waals surface area contributed by atoms with E-state index in [0.29, 0.717) is 5.69 Å². The molecular formula is C16H11NO3. The molecule has 0 atom stereocenters. The van der Waals surface area contributed by atoms with Gasteiger partial charge in [0.1, 0.15) is 5.56 Å². The van der Waals surface area contributed by atoms with Gasteiger partial charge < -0.3 is 10.1 Å². The van der Waals surface area contributed by atoms with Gasteiger partial charge >= 0.3 is 5.97 Å². The number of hydrogen-bond donors (Lipinski definition) is 2. The highest BCUT2D eigenvalue weighted by atomic mass is 16.4. The highest BCUT2D eigenvalue weighted by Gasteiger charge is 2.09. The molecule has 4 nitrogen and oxygen atoms in total. The summed E-state index contributed by atoms with van der Waals surface area (Å²) in [6.45, 7) is 0. The molecule has 4 heteroatoms. The number of aromatic amines is 1. The van der Waals surface area contributed by atoms with E-state index in [2.05, 4.69) is 4.98 Å². The zero-order valence-electron chi connectivity index (χ0n) is 10.5. The lowest BCUT2D eigenvalue weighted by molar-refractivity contribution is 0.0695. The SMILES string of the molecule is O=C(O)c1c[nH]c(-c2ccc3ccccc3c2)cc1=O. The van der Waals surface area contributed by atoms with E-state index in [1.165, 1.54) is 12.3 Å². The van der Waals surface area contributed by atoms with Crippen molar-refractivity contribution in [3.05, 3.63) is 70.5 Å². The van der Waals surface area contributed by atoms with E-state index in [1.54, 1.807) is 0 Å². The summed E-state index contributed by atoms with van der Waals surface area (Å²) in [5.74, 6) is -1.23. The minimum Gasteiger partial charge on any atom is -0.477 e. The van der Waals surface area contributed by atoms with Crippen molar-refractivity contribution in [2.24, 2.45) is 0 Å². The maximum Gasteiger partial charge on any atom is 0.341 e. The lowest BCUT2D eigenvalue weighted by Gasteiger charge is -2.04. The van der Waals surface area contributed by atoms with Gasteiger partial charge in [0.2, 0.25) is 0 Å². The Balaban J connectivity index is 2.13. The van der Waals surface area contributed by atoms with E-state index in [4.69, 9.17) is 5.11 Å². The van der Waals surface area contributed by atoms with E-state index >= 15 is 0 Å². The Morgan fingerprint density at radius 2 is 1.75 bits per heavy atom. The van der Waals surface area contributed by atoms with Crippen LogP contribution in [0.3, 0.4) is 0 Å². The normalized spacial score (nSPS) is 10.6. The van der Waals surface area contributed by atoms with Gasteiger partial charge in [-0.3, -0.25) is 4.79 Å². The quantitative estimate of drug-likeness (QED) is 0.748. The van der Waals surface area contributed by atoms with Crippen LogP contribution in [0.15, 0.2) is 59.5 Å². The number of aromatic carboxylic acids is 1. The fourth-order valence-corrected chi connectivity index (χ4v) is 2.16. The number of aromatic nitrogens is 1. The third-order valence-corrected chi connectivity index (χ3v) is 3.20. The summed E-state index contributed by atoms with van der Waals surface area (Å²) in [6, 6.07) is 15.0. The molecule has 1 heterocycles. The van der Waals surface area contributed by atoms with Crippen molar-refractivity contribution in [3.63, 3.8) is 0 Å². The van der Waals surface area contributed by atoms with Gasteiger partial charge in [-0.1, -0.05) is 36.4 Å². The smallest absolute Gasteiger partial charge is 0.341 e. The summed E-state index contributed by atoms with van der Waals surface area (Å²) in [4.78, 5) is 25.4. The van der Waals surface area contributed by atoms with E-state index in [-0.39, 0.29) is 5.56 Å². The second kappa shape index (κ2) is 4.66. The fourth-order valence-electron chi connectivity index (χ4n) is 2.16. The van der Waals surface area contributed by atoms with Crippen molar-refractivity contribution in [2.75, 3.05) is 0 Å². The molecule has 0 unspecified atom stereocenters. The molecule has 98 valence electrons. The standard InChI is InChI=1S/C16H11NO3/c18-15-8-14(17-9-13(15)16(19)20)12-6-5-10-3-1-2-4-11(10)7-12/h1-9H,(H,17,18)(H,19,20). The van der Waals surface area contributed by atoms with Crippen molar-refractivity contribution in [2.45, 2.75) is 0 Å². The van der Waals surface area contributed by atoms with Crippen LogP contribution in [-0.2, 0) is 0 Å².